The highest BCUT2D eigenvalue weighted by atomic mass is 79.9. The van der Waals surface area contributed by atoms with Gasteiger partial charge in [0.1, 0.15) is 0 Å². The number of carbonyl (C=O) groups is 1. The fourth-order valence-corrected chi connectivity index (χ4v) is 3.35. The fraction of sp³-hybridized carbons (Fsp3) is 0.500. The first-order valence-electron chi connectivity index (χ1n) is 4.28. The number of halogens is 1. The van der Waals surface area contributed by atoms with Crippen LogP contribution in [0.25, 0.3) is 0 Å². The van der Waals surface area contributed by atoms with E-state index in [0.29, 0.717) is 0 Å². The van der Waals surface area contributed by atoms with Crippen molar-refractivity contribution in [1.82, 2.24) is 10.3 Å². The van der Waals surface area contributed by atoms with Crippen LogP contribution in [0, 0.1) is 0 Å². The summed E-state index contributed by atoms with van der Waals surface area (Å²) < 4.78 is 0.887. The highest BCUT2D eigenvalue weighted by molar-refractivity contribution is 9.11. The molecule has 1 heterocycles. The highest BCUT2D eigenvalue weighted by Gasteiger charge is 2.22. The summed E-state index contributed by atoms with van der Waals surface area (Å²) in [6.45, 7) is 0. The van der Waals surface area contributed by atoms with Gasteiger partial charge in [0.15, 0.2) is 3.92 Å². The molecule has 1 aromatic heterocycles. The molecule has 1 aliphatic rings. The van der Waals surface area contributed by atoms with Crippen LogP contribution in [0.2, 0.25) is 0 Å². The summed E-state index contributed by atoms with van der Waals surface area (Å²) in [5, 5.41) is 11.1. The molecule has 1 aromatic rings. The van der Waals surface area contributed by atoms with Crippen LogP contribution in [-0.2, 0) is 12.8 Å². The van der Waals surface area contributed by atoms with Gasteiger partial charge in [-0.3, -0.25) is 0 Å². The zero-order valence-corrected chi connectivity index (χ0v) is 9.69. The predicted octanol–water partition coefficient (Wildman–Crippen LogP) is 2.03. The van der Waals surface area contributed by atoms with E-state index in [1.165, 1.54) is 4.88 Å². The minimum absolute atomic E-state index is 0.0485. The number of nitrogens with one attached hydrogen (secondary N) is 1. The van der Waals surface area contributed by atoms with Crippen LogP contribution in [-0.4, -0.2) is 22.2 Å². The van der Waals surface area contributed by atoms with Crippen molar-refractivity contribution in [2.75, 3.05) is 0 Å². The summed E-state index contributed by atoms with van der Waals surface area (Å²) in [7, 11) is 0. The van der Waals surface area contributed by atoms with E-state index in [2.05, 4.69) is 26.2 Å². The number of aryl methyl sites for hydroxylation is 1. The van der Waals surface area contributed by atoms with Crippen molar-refractivity contribution >= 4 is 33.4 Å². The second kappa shape index (κ2) is 3.86. The Morgan fingerprint density at radius 3 is 3.21 bits per heavy atom. The van der Waals surface area contributed by atoms with Crippen molar-refractivity contribution in [3.8, 4) is 0 Å². The minimum atomic E-state index is -0.943. The summed E-state index contributed by atoms with van der Waals surface area (Å²) in [6.07, 6.45) is 1.53. The van der Waals surface area contributed by atoms with Gasteiger partial charge in [-0.15, -0.1) is 11.3 Å². The van der Waals surface area contributed by atoms with Crippen molar-refractivity contribution in [2.24, 2.45) is 0 Å². The Labute approximate surface area is 93.5 Å². The lowest BCUT2D eigenvalue weighted by Crippen LogP contribution is -2.37. The molecule has 1 aliphatic carbocycles. The zero-order valence-electron chi connectivity index (χ0n) is 7.29. The Balaban J connectivity index is 2.09. The molecule has 0 aliphatic heterocycles. The molecule has 0 fully saturated rings. The molecular formula is C8H9BrN2O2S. The topological polar surface area (TPSA) is 62.2 Å². The second-order valence-corrected chi connectivity index (χ2v) is 5.59. The van der Waals surface area contributed by atoms with E-state index in [1.807, 2.05) is 0 Å². The second-order valence-electron chi connectivity index (χ2n) is 3.23. The molecule has 2 rings (SSSR count). The minimum Gasteiger partial charge on any atom is -0.465 e. The van der Waals surface area contributed by atoms with Crippen LogP contribution in [0.3, 0.4) is 0 Å². The Kier molecular flexibility index (Phi) is 2.73. The Morgan fingerprint density at radius 1 is 1.71 bits per heavy atom. The van der Waals surface area contributed by atoms with Crippen molar-refractivity contribution in [1.29, 1.82) is 0 Å². The SMILES string of the molecule is O=C(O)NC1CCc2nc(Br)sc2C1. The first-order valence-corrected chi connectivity index (χ1v) is 5.89. The van der Waals surface area contributed by atoms with Gasteiger partial charge in [0, 0.05) is 17.3 Å². The van der Waals surface area contributed by atoms with Crippen molar-refractivity contribution < 1.29 is 9.90 Å². The molecule has 0 saturated carbocycles. The number of nitrogens with zero attached hydrogens (tertiary/aromatic N) is 1. The third kappa shape index (κ3) is 2.06. The van der Waals surface area contributed by atoms with Crippen molar-refractivity contribution in [3.63, 3.8) is 0 Å². The van der Waals surface area contributed by atoms with Gasteiger partial charge < -0.3 is 10.4 Å². The van der Waals surface area contributed by atoms with E-state index in [-0.39, 0.29) is 6.04 Å². The van der Waals surface area contributed by atoms with Crippen LogP contribution in [0.5, 0.6) is 0 Å². The first kappa shape index (κ1) is 9.92. The molecule has 0 spiro atoms. The average molecular weight is 277 g/mol. The maximum Gasteiger partial charge on any atom is 0.404 e. The summed E-state index contributed by atoms with van der Waals surface area (Å²) in [4.78, 5) is 16.0. The van der Waals surface area contributed by atoms with Crippen molar-refractivity contribution in [2.45, 2.75) is 25.3 Å². The van der Waals surface area contributed by atoms with Gasteiger partial charge in [-0.2, -0.15) is 0 Å². The number of hydrogen-bond acceptors (Lipinski definition) is 3. The number of aromatic nitrogens is 1. The van der Waals surface area contributed by atoms with Crippen LogP contribution in [0.1, 0.15) is 17.0 Å². The number of rotatable bonds is 1. The molecule has 14 heavy (non-hydrogen) atoms. The Bertz CT molecular complexity index is 366. The number of hydrogen-bond donors (Lipinski definition) is 2. The standard InChI is InChI=1S/C8H9BrN2O2S/c9-7-11-5-2-1-4(10-8(12)13)3-6(5)14-7/h4,10H,1-3H2,(H,12,13). The summed E-state index contributed by atoms with van der Waals surface area (Å²) >= 11 is 4.93. The first-order chi connectivity index (χ1) is 6.65. The van der Waals surface area contributed by atoms with E-state index < -0.39 is 6.09 Å². The lowest BCUT2D eigenvalue weighted by Gasteiger charge is -2.20. The van der Waals surface area contributed by atoms with E-state index in [9.17, 15) is 4.79 Å². The normalized spacial score (nSPS) is 20.2. The Hall–Kier alpha value is -0.620. The maximum atomic E-state index is 10.5. The number of thiazole rings is 1. The molecule has 1 amide bonds. The monoisotopic (exact) mass is 276 g/mol. The molecule has 0 aromatic carbocycles. The summed E-state index contributed by atoms with van der Waals surface area (Å²) in [6, 6.07) is 0.0485. The highest BCUT2D eigenvalue weighted by Crippen LogP contribution is 2.29. The van der Waals surface area contributed by atoms with E-state index in [4.69, 9.17) is 5.11 Å². The van der Waals surface area contributed by atoms with Gasteiger partial charge in [0.05, 0.1) is 5.69 Å². The largest absolute Gasteiger partial charge is 0.465 e. The third-order valence-electron chi connectivity index (χ3n) is 2.24. The summed E-state index contributed by atoms with van der Waals surface area (Å²) in [5.41, 5.74) is 1.12. The number of fused-ring (bicyclic) bond motifs is 1. The zero-order chi connectivity index (χ0) is 10.1. The molecule has 0 saturated heterocycles. The average Bonchev–Trinajstić information content (AvgIpc) is 2.42. The van der Waals surface area contributed by atoms with Gasteiger partial charge in [-0.1, -0.05) is 0 Å². The van der Waals surface area contributed by atoms with Gasteiger partial charge in [0.2, 0.25) is 0 Å². The smallest absolute Gasteiger partial charge is 0.404 e. The fourth-order valence-electron chi connectivity index (χ4n) is 1.64. The van der Waals surface area contributed by atoms with Crippen LogP contribution >= 0.6 is 27.3 Å². The lowest BCUT2D eigenvalue weighted by atomic mass is 9.98. The van der Waals surface area contributed by atoms with Gasteiger partial charge >= 0.3 is 6.09 Å². The molecule has 76 valence electrons. The van der Waals surface area contributed by atoms with Crippen LogP contribution in [0.4, 0.5) is 4.79 Å². The maximum absolute atomic E-state index is 10.5. The van der Waals surface area contributed by atoms with Gasteiger partial charge in [0.25, 0.3) is 0 Å². The third-order valence-corrected chi connectivity index (χ3v) is 3.81. The molecule has 1 unspecified atom stereocenters. The number of carboxylic acid groups (broad SMARTS) is 1. The lowest BCUT2D eigenvalue weighted by molar-refractivity contribution is 0.188. The predicted molar refractivity (Wildman–Crippen MR) is 56.8 cm³/mol. The molecule has 6 heteroatoms. The Morgan fingerprint density at radius 2 is 2.50 bits per heavy atom. The van der Waals surface area contributed by atoms with E-state index in [0.717, 1.165) is 28.9 Å². The molecule has 1 atom stereocenters. The summed E-state index contributed by atoms with van der Waals surface area (Å²) in [5.74, 6) is 0. The van der Waals surface area contributed by atoms with Crippen LogP contribution < -0.4 is 5.32 Å². The quantitative estimate of drug-likeness (QED) is 0.825. The molecule has 4 nitrogen and oxygen atoms in total. The molecule has 0 radical (unpaired) electrons. The van der Waals surface area contributed by atoms with Crippen molar-refractivity contribution in [3.05, 3.63) is 14.5 Å². The van der Waals surface area contributed by atoms with Gasteiger partial charge in [-0.05, 0) is 28.8 Å². The van der Waals surface area contributed by atoms with Gasteiger partial charge in [-0.25, -0.2) is 9.78 Å². The van der Waals surface area contributed by atoms with E-state index >= 15 is 0 Å². The van der Waals surface area contributed by atoms with E-state index in [1.54, 1.807) is 11.3 Å². The molecular weight excluding hydrogens is 268 g/mol. The van der Waals surface area contributed by atoms with Crippen LogP contribution in [0.15, 0.2) is 3.92 Å². The number of amides is 1. The molecule has 2 N–H and O–H groups in total. The molecule has 0 bridgehead atoms.